The van der Waals surface area contributed by atoms with Crippen LogP contribution in [0.3, 0.4) is 0 Å². The van der Waals surface area contributed by atoms with Crippen LogP contribution in [0.5, 0.6) is 40.2 Å². The third-order valence-electron chi connectivity index (χ3n) is 24.9. The SMILES string of the molecule is CCCOc1ccc(S(=O)(=O)NC(=O)C[C@@H]2NC(=O)[C@H](NC(=O)[C@@H](CC(C)C)NC)[C@H](O)c3ccc(c(Cl)c3)Oc3cc4cc(c3O[C@@H]3O[C@H](CO)[C@@H](O)[C@H](O)[C@H]3O[C@H]3C[C@](C)(N)[C@H](O)[C@H](C)O3)Oc3ccc(cc3)[C@@H](O)[C@@H]3NC(=O)[C@H](NC(=O)[C@@H]4NC2=O)c2ccc4c(c2)-c2c(cc(O)cc2C4(O)O)[C@@H](C(=O)NC2C4CC5CC(C4)CC2C5)NC3=O)cc1. The van der Waals surface area contributed by atoms with Crippen molar-refractivity contribution in [1.82, 2.24) is 47.3 Å². The van der Waals surface area contributed by atoms with Gasteiger partial charge in [0.05, 0.1) is 47.8 Å². The van der Waals surface area contributed by atoms with E-state index in [9.17, 15) is 64.0 Å². The van der Waals surface area contributed by atoms with Gasteiger partial charge in [-0.3, -0.25) is 38.4 Å². The first kappa shape index (κ1) is 88.7. The number of nitrogens with one attached hydrogen (secondary N) is 9. The van der Waals surface area contributed by atoms with Gasteiger partial charge in [-0.15, -0.1) is 0 Å². The van der Waals surface area contributed by atoms with Gasteiger partial charge in [-0.1, -0.05) is 62.7 Å². The van der Waals surface area contributed by atoms with Crippen molar-refractivity contribution in [1.29, 1.82) is 0 Å². The lowest BCUT2D eigenvalue weighted by atomic mass is 9.54. The van der Waals surface area contributed by atoms with Crippen LogP contribution in [0, 0.1) is 29.6 Å². The zero-order valence-corrected chi connectivity index (χ0v) is 69.9. The van der Waals surface area contributed by atoms with Crippen molar-refractivity contribution in [3.05, 3.63) is 153 Å². The van der Waals surface area contributed by atoms with Gasteiger partial charge in [0.25, 0.3) is 10.0 Å². The highest BCUT2D eigenvalue weighted by atomic mass is 35.5. The maximum absolute atomic E-state index is 16.7. The Morgan fingerprint density at radius 3 is 2.01 bits per heavy atom. The molecule has 7 aliphatic heterocycles. The molecule has 664 valence electrons. The molecule has 6 fully saturated rings. The third-order valence-corrected chi connectivity index (χ3v) is 26.6. The molecule has 36 nitrogen and oxygen atoms in total. The maximum atomic E-state index is 16.7. The van der Waals surface area contributed by atoms with Crippen LogP contribution in [-0.4, -0.2) is 207 Å². The minimum Gasteiger partial charge on any atom is -0.508 e. The minimum absolute atomic E-state index is 0.0714. The number of likely N-dealkylation sites (N-methyl/N-ethyl adjacent to an activating group) is 1. The number of carbonyl (C=O) groups excluding carboxylic acids is 8. The first-order chi connectivity index (χ1) is 58.9. The van der Waals surface area contributed by atoms with Crippen LogP contribution in [0.2, 0.25) is 5.02 Å². The Morgan fingerprint density at radius 2 is 1.35 bits per heavy atom. The summed E-state index contributed by atoms with van der Waals surface area (Å²) in [5, 5.41) is 129. The number of hydrogen-bond acceptors (Lipinski definition) is 28. The number of nitrogens with two attached hydrogens (primary N) is 1. The normalized spacial score (nSPS) is 31.3. The van der Waals surface area contributed by atoms with Crippen molar-refractivity contribution in [2.45, 2.75) is 218 Å². The highest BCUT2D eigenvalue weighted by Gasteiger charge is 2.54. The summed E-state index contributed by atoms with van der Waals surface area (Å²) in [7, 11) is -3.43. The van der Waals surface area contributed by atoms with Gasteiger partial charge in [-0.05, 0) is 213 Å². The van der Waals surface area contributed by atoms with Crippen LogP contribution in [0.4, 0.5) is 0 Å². The molecule has 6 aromatic rings. The molecule has 8 amide bonds. The minimum atomic E-state index is -4.90. The van der Waals surface area contributed by atoms with E-state index in [0.717, 1.165) is 74.6 Å². The van der Waals surface area contributed by atoms with E-state index in [0.29, 0.717) is 18.3 Å². The Hall–Kier alpha value is -10.2. The number of phenolic OH excluding ortho intramolecular Hbond substituents is 1. The van der Waals surface area contributed by atoms with Crippen LogP contribution >= 0.6 is 11.6 Å². The second-order valence-corrected chi connectivity index (χ2v) is 36.4. The number of rotatable bonds is 19. The van der Waals surface area contributed by atoms with Crippen LogP contribution in [0.1, 0.15) is 162 Å². The molecule has 18 rings (SSSR count). The van der Waals surface area contributed by atoms with Crippen molar-refractivity contribution in [2.24, 2.45) is 35.3 Å². The molecule has 0 radical (unpaired) electrons. The molecule has 0 unspecified atom stereocenters. The van der Waals surface area contributed by atoms with E-state index in [2.05, 4.69) is 42.5 Å². The van der Waals surface area contributed by atoms with Gasteiger partial charge in [-0.2, -0.15) is 0 Å². The molecule has 15 bridgehead atoms. The Bertz CT molecular complexity index is 5230. The molecule has 38 heteroatoms. The standard InChI is InChI=1S/C86H101ClN10O26S/c1-7-20-117-47-14-16-49(17-15-47)124(115,116)97-61(100)33-56-78(107)92-66-45-29-58(74(123-84-75(73(104)72(103)60(35-98)121-84)122-62-34-85(5,88)76(105)37(4)118-62)59(30-45)120-57-19-11-42(28-54(57)87)71(102)69(82(111)90-56)95-77(106)55(89-6)21-36(2)3)119-48-12-8-40(9-13-48)70(101)68-83(112)94-67(81(110)91-64-43-23-38-22-39(25-43)26-44(64)24-38)51-31-46(99)32-53-63(51)50-27-41(10-18-52(50)86(53,113)114)65(79(108)96-68)93-80(66)109/h8-19,27-32,36-39,43-44,55-56,60,62,64-73,75-76,84,89,98-99,101-105,113-114H,7,20-26,33-35,88H2,1-6H3,(H,90,111)(H,91,110)(H,92,107)(H,93,109)(H,94,112)(H,95,106)(H,96,108)(H,97,100)/t37-,38?,39?,43?,44?,55+,56-,60+,62-,64?,65+,66+,67-,68-,69+,70+,71+,72+,73-,75+,76+,84-,85-/m0/s1. The molecule has 124 heavy (non-hydrogen) atoms. The van der Waals surface area contributed by atoms with E-state index in [4.69, 9.17) is 50.5 Å². The third kappa shape index (κ3) is 17.8. The number of fused-ring (bicyclic) bond motifs is 12. The van der Waals surface area contributed by atoms with Crippen molar-refractivity contribution in [3.63, 3.8) is 0 Å². The topological polar surface area (TPSA) is 552 Å². The number of aliphatic hydroxyl groups excluding tert-OH is 6. The fourth-order valence-corrected chi connectivity index (χ4v) is 20.0. The Labute approximate surface area is 716 Å². The first-order valence-electron chi connectivity index (χ1n) is 41.3. The largest absolute Gasteiger partial charge is 0.508 e. The molecule has 6 aromatic carbocycles. The van der Waals surface area contributed by atoms with Gasteiger partial charge in [0.1, 0.15) is 89.8 Å². The number of amides is 8. The lowest BCUT2D eigenvalue weighted by Gasteiger charge is -2.54. The van der Waals surface area contributed by atoms with Gasteiger partial charge >= 0.3 is 0 Å². The summed E-state index contributed by atoms with van der Waals surface area (Å²) < 4.78 is 75.1. The van der Waals surface area contributed by atoms with Crippen molar-refractivity contribution >= 4 is 68.9 Å². The Balaban J connectivity index is 0.921. The molecule has 5 aliphatic carbocycles. The summed E-state index contributed by atoms with van der Waals surface area (Å²) in [5.74, 6) is -14.9. The van der Waals surface area contributed by atoms with Gasteiger partial charge in [0.15, 0.2) is 23.9 Å². The number of aromatic hydroxyl groups is 1. The number of halogens is 1. The summed E-state index contributed by atoms with van der Waals surface area (Å²) in [6.45, 7) is 7.78. The van der Waals surface area contributed by atoms with E-state index >= 15 is 28.8 Å². The van der Waals surface area contributed by atoms with Crippen molar-refractivity contribution < 1.29 is 126 Å². The van der Waals surface area contributed by atoms with E-state index in [1.807, 2.05) is 25.5 Å². The predicted molar refractivity (Wildman–Crippen MR) is 436 cm³/mol. The van der Waals surface area contributed by atoms with Gasteiger partial charge in [-0.25, -0.2) is 13.1 Å². The average Bonchev–Trinajstić information content (AvgIpc) is 1.55. The lowest BCUT2D eigenvalue weighted by Crippen LogP contribution is -2.64. The molecule has 0 aromatic heterocycles. The molecular weight excluding hydrogens is 1660 g/mol. The van der Waals surface area contributed by atoms with Gasteiger partial charge < -0.3 is 127 Å². The van der Waals surface area contributed by atoms with E-state index in [-0.39, 0.29) is 110 Å². The zero-order valence-electron chi connectivity index (χ0n) is 68.3. The first-order valence-corrected chi connectivity index (χ1v) is 43.2. The van der Waals surface area contributed by atoms with E-state index < -0.39 is 219 Å². The molecule has 4 saturated carbocycles. The summed E-state index contributed by atoms with van der Waals surface area (Å²) in [5.41, 5.74) is 3.05. The highest BCUT2D eigenvalue weighted by Crippen LogP contribution is 2.56. The van der Waals surface area contributed by atoms with Crippen LogP contribution in [0.25, 0.3) is 11.1 Å². The fraction of sp³-hybridized carbons (Fsp3) is 0.488. The average molecular weight is 1760 g/mol. The van der Waals surface area contributed by atoms with Crippen LogP contribution < -0.4 is 71.9 Å². The maximum Gasteiger partial charge on any atom is 0.264 e. The molecule has 2 saturated heterocycles. The smallest absolute Gasteiger partial charge is 0.264 e. The van der Waals surface area contributed by atoms with Crippen LogP contribution in [-0.2, 0) is 68.4 Å². The summed E-state index contributed by atoms with van der Waals surface area (Å²) >= 11 is 7.21. The van der Waals surface area contributed by atoms with Gasteiger partial charge in [0.2, 0.25) is 65.1 Å². The van der Waals surface area contributed by atoms with Gasteiger partial charge in [0, 0.05) is 29.1 Å². The van der Waals surface area contributed by atoms with E-state index in [1.165, 1.54) is 87.6 Å². The Morgan fingerprint density at radius 1 is 0.702 bits per heavy atom. The molecular formula is C86H101ClN10O26S. The second kappa shape index (κ2) is 35.3. The summed E-state index contributed by atoms with van der Waals surface area (Å²) in [6, 6.07) is 6.85. The number of benzene rings is 6. The number of phenols is 1. The Kier molecular flexibility index (Phi) is 25.3. The summed E-state index contributed by atoms with van der Waals surface area (Å²) in [4.78, 5) is 125. The quantitative estimate of drug-likeness (QED) is 0.0517. The molecule has 0 spiro atoms. The number of carbonyl (C=O) groups is 8. The second-order valence-electron chi connectivity index (χ2n) is 34.3. The monoisotopic (exact) mass is 1760 g/mol. The fourth-order valence-electron chi connectivity index (χ4n) is 18.8. The zero-order chi connectivity index (χ0) is 88.6. The summed E-state index contributed by atoms with van der Waals surface area (Å²) in [6.07, 6.45) is -13.9. The number of sulfonamides is 1. The number of ether oxygens (including phenoxy) is 7. The molecule has 18 atom stereocenters. The van der Waals surface area contributed by atoms with Crippen molar-refractivity contribution in [3.8, 4) is 51.4 Å². The predicted octanol–water partition coefficient (Wildman–Crippen LogP) is 2.21. The molecule has 20 N–H and O–H groups in total. The molecule has 12 aliphatic rings. The highest BCUT2D eigenvalue weighted by molar-refractivity contribution is 7.90. The van der Waals surface area contributed by atoms with Crippen molar-refractivity contribution in [2.75, 3.05) is 20.3 Å². The number of aliphatic hydroxyl groups is 8. The van der Waals surface area contributed by atoms with Crippen LogP contribution in [0.15, 0.2) is 114 Å². The number of hydrogen-bond donors (Lipinski definition) is 19. The molecule has 7 heterocycles. The van der Waals surface area contributed by atoms with E-state index in [1.54, 1.807) is 0 Å². The lowest BCUT2D eigenvalue weighted by molar-refractivity contribution is -0.333.